The van der Waals surface area contributed by atoms with Crippen LogP contribution >= 0.6 is 11.6 Å². The first-order valence-corrected chi connectivity index (χ1v) is 10.5. The molecule has 2 aromatic heterocycles. The molecule has 2 amide bonds. The second kappa shape index (κ2) is 9.67. The molecule has 0 saturated heterocycles. The normalized spacial score (nSPS) is 11.3. The van der Waals surface area contributed by atoms with E-state index in [9.17, 15) is 22.4 Å². The van der Waals surface area contributed by atoms with Crippen molar-refractivity contribution in [2.75, 3.05) is 10.6 Å². The number of aryl methyl sites for hydroxylation is 1. The predicted molar refractivity (Wildman–Crippen MR) is 124 cm³/mol. The van der Waals surface area contributed by atoms with Crippen LogP contribution in [0.3, 0.4) is 0 Å². The van der Waals surface area contributed by atoms with Gasteiger partial charge in [-0.1, -0.05) is 11.6 Å². The molecule has 0 spiro atoms. The van der Waals surface area contributed by atoms with Crippen molar-refractivity contribution in [1.29, 1.82) is 0 Å². The predicted octanol–water partition coefficient (Wildman–Crippen LogP) is 7.33. The fourth-order valence-electron chi connectivity index (χ4n) is 3.19. The first kappa shape index (κ1) is 24.1. The molecule has 2 heterocycles. The Kier molecular flexibility index (Phi) is 6.65. The number of carbonyl (C=O) groups excluding carboxylic acids is 1. The SMILES string of the molecule is Cn1ccc(-c2cc(Oc3ccc(NC(=O)Nc4ccc(Cl)c(C(F)(F)F)c4)c(F)c3)ccn2)c1. The van der Waals surface area contributed by atoms with Crippen LogP contribution in [0.15, 0.2) is 73.2 Å². The largest absolute Gasteiger partial charge is 0.457 e. The lowest BCUT2D eigenvalue weighted by atomic mass is 10.2. The number of halogens is 5. The van der Waals surface area contributed by atoms with Crippen LogP contribution in [0, 0.1) is 5.82 Å². The molecule has 0 bridgehead atoms. The lowest BCUT2D eigenvalue weighted by Gasteiger charge is -2.13. The highest BCUT2D eigenvalue weighted by molar-refractivity contribution is 6.31. The quantitative estimate of drug-likeness (QED) is 0.279. The van der Waals surface area contributed by atoms with Crippen LogP contribution < -0.4 is 15.4 Å². The summed E-state index contributed by atoms with van der Waals surface area (Å²) in [7, 11) is 1.89. The number of ether oxygens (including phenoxy) is 1. The van der Waals surface area contributed by atoms with E-state index in [-0.39, 0.29) is 17.1 Å². The Bertz CT molecular complexity index is 1390. The van der Waals surface area contributed by atoms with Crippen LogP contribution in [0.5, 0.6) is 11.5 Å². The number of aromatic nitrogens is 2. The maximum absolute atomic E-state index is 14.6. The summed E-state index contributed by atoms with van der Waals surface area (Å²) in [5.74, 6) is -0.201. The Morgan fingerprint density at radius 2 is 1.80 bits per heavy atom. The van der Waals surface area contributed by atoms with Gasteiger partial charge in [0, 0.05) is 49.0 Å². The smallest absolute Gasteiger partial charge is 0.417 e. The Morgan fingerprint density at radius 1 is 1.03 bits per heavy atom. The van der Waals surface area contributed by atoms with E-state index in [2.05, 4.69) is 15.6 Å². The molecule has 0 atom stereocenters. The first-order chi connectivity index (χ1) is 16.6. The number of hydrogen-bond acceptors (Lipinski definition) is 3. The van der Waals surface area contributed by atoms with Gasteiger partial charge in [-0.15, -0.1) is 0 Å². The molecular weight excluding hydrogens is 488 g/mol. The van der Waals surface area contributed by atoms with Gasteiger partial charge in [0.15, 0.2) is 0 Å². The highest BCUT2D eigenvalue weighted by atomic mass is 35.5. The average Bonchev–Trinajstić information content (AvgIpc) is 3.23. The summed E-state index contributed by atoms with van der Waals surface area (Å²) in [4.78, 5) is 16.5. The maximum atomic E-state index is 14.6. The molecular formula is C24H17ClF4N4O2. The number of alkyl halides is 3. The lowest BCUT2D eigenvalue weighted by Crippen LogP contribution is -2.20. The summed E-state index contributed by atoms with van der Waals surface area (Å²) in [6, 6.07) is 10.9. The van der Waals surface area contributed by atoms with Crippen molar-refractivity contribution in [3.05, 3.63) is 89.6 Å². The van der Waals surface area contributed by atoms with Gasteiger partial charge in [-0.05, 0) is 42.5 Å². The van der Waals surface area contributed by atoms with E-state index in [1.165, 1.54) is 18.2 Å². The van der Waals surface area contributed by atoms with Gasteiger partial charge in [0.2, 0.25) is 0 Å². The van der Waals surface area contributed by atoms with Gasteiger partial charge in [-0.2, -0.15) is 13.2 Å². The Morgan fingerprint density at radius 3 is 2.49 bits per heavy atom. The number of hydrogen-bond donors (Lipinski definition) is 2. The number of urea groups is 1. The lowest BCUT2D eigenvalue weighted by molar-refractivity contribution is -0.137. The summed E-state index contributed by atoms with van der Waals surface area (Å²) in [6.45, 7) is 0. The Labute approximate surface area is 202 Å². The van der Waals surface area contributed by atoms with Gasteiger partial charge >= 0.3 is 12.2 Å². The fraction of sp³-hybridized carbons (Fsp3) is 0.0833. The number of carbonyl (C=O) groups is 1. The van der Waals surface area contributed by atoms with Crippen molar-refractivity contribution in [3.63, 3.8) is 0 Å². The molecule has 35 heavy (non-hydrogen) atoms. The van der Waals surface area contributed by atoms with E-state index in [1.54, 1.807) is 18.3 Å². The first-order valence-electron chi connectivity index (χ1n) is 10.1. The second-order valence-electron chi connectivity index (χ2n) is 7.46. The van der Waals surface area contributed by atoms with E-state index < -0.39 is 28.6 Å². The van der Waals surface area contributed by atoms with Crippen LogP contribution in [-0.4, -0.2) is 15.6 Å². The minimum Gasteiger partial charge on any atom is -0.457 e. The molecule has 11 heteroatoms. The van der Waals surface area contributed by atoms with Crippen LogP contribution in [0.25, 0.3) is 11.3 Å². The standard InChI is InChI=1S/C24H17ClF4N4O2/c1-33-9-7-14(13-33)22-12-17(6-8-30-22)35-16-3-5-21(20(26)11-16)32-23(34)31-15-2-4-19(25)18(10-15)24(27,28)29/h2-13H,1H3,(H2,31,32,34). The van der Waals surface area contributed by atoms with Crippen LogP contribution in [-0.2, 0) is 13.2 Å². The van der Waals surface area contributed by atoms with Crippen molar-refractivity contribution in [3.8, 4) is 22.8 Å². The number of pyridine rings is 1. The van der Waals surface area contributed by atoms with Crippen molar-refractivity contribution < 1.29 is 27.1 Å². The fourth-order valence-corrected chi connectivity index (χ4v) is 3.41. The van der Waals surface area contributed by atoms with Crippen LogP contribution in [0.4, 0.5) is 33.7 Å². The molecule has 6 nitrogen and oxygen atoms in total. The molecule has 0 aliphatic heterocycles. The Balaban J connectivity index is 1.43. The van der Waals surface area contributed by atoms with E-state index in [1.807, 2.05) is 30.1 Å². The van der Waals surface area contributed by atoms with Gasteiger partial charge in [-0.3, -0.25) is 4.98 Å². The highest BCUT2D eigenvalue weighted by Crippen LogP contribution is 2.36. The summed E-state index contributed by atoms with van der Waals surface area (Å²) in [5, 5.41) is 3.96. The monoisotopic (exact) mass is 504 g/mol. The number of rotatable bonds is 5. The molecule has 0 aliphatic carbocycles. The molecule has 2 aromatic carbocycles. The van der Waals surface area contributed by atoms with Gasteiger partial charge in [-0.25, -0.2) is 9.18 Å². The van der Waals surface area contributed by atoms with Gasteiger partial charge in [0.25, 0.3) is 0 Å². The van der Waals surface area contributed by atoms with Crippen molar-refractivity contribution in [2.45, 2.75) is 6.18 Å². The summed E-state index contributed by atoms with van der Waals surface area (Å²) < 4.78 is 61.1. The van der Waals surface area contributed by atoms with Crippen LogP contribution in [0.1, 0.15) is 5.56 Å². The molecule has 0 unspecified atom stereocenters. The summed E-state index contributed by atoms with van der Waals surface area (Å²) in [6.07, 6.45) is 0.647. The zero-order valence-electron chi connectivity index (χ0n) is 18.0. The number of amides is 2. The number of benzene rings is 2. The summed E-state index contributed by atoms with van der Waals surface area (Å²) in [5.41, 5.74) is 0.106. The molecule has 0 aliphatic rings. The van der Waals surface area contributed by atoms with Crippen molar-refractivity contribution in [1.82, 2.24) is 9.55 Å². The third kappa shape index (κ3) is 5.90. The number of nitrogens with one attached hydrogen (secondary N) is 2. The summed E-state index contributed by atoms with van der Waals surface area (Å²) >= 11 is 5.57. The van der Waals surface area contributed by atoms with Crippen molar-refractivity contribution in [2.24, 2.45) is 7.05 Å². The zero-order chi connectivity index (χ0) is 25.2. The van der Waals surface area contributed by atoms with E-state index in [0.717, 1.165) is 17.7 Å². The minimum atomic E-state index is -4.69. The Hall–Kier alpha value is -4.05. The maximum Gasteiger partial charge on any atom is 0.417 e. The molecule has 0 saturated carbocycles. The molecule has 0 fully saturated rings. The molecule has 2 N–H and O–H groups in total. The number of anilines is 2. The molecule has 0 radical (unpaired) electrons. The highest BCUT2D eigenvalue weighted by Gasteiger charge is 2.33. The topological polar surface area (TPSA) is 68.2 Å². The van der Waals surface area contributed by atoms with E-state index >= 15 is 0 Å². The van der Waals surface area contributed by atoms with E-state index in [4.69, 9.17) is 16.3 Å². The zero-order valence-corrected chi connectivity index (χ0v) is 18.8. The van der Waals surface area contributed by atoms with E-state index in [0.29, 0.717) is 17.5 Å². The van der Waals surface area contributed by atoms with Gasteiger partial charge in [0.1, 0.15) is 17.3 Å². The molecule has 4 rings (SSSR count). The molecule has 180 valence electrons. The molecule has 4 aromatic rings. The third-order valence-corrected chi connectivity index (χ3v) is 5.14. The second-order valence-corrected chi connectivity index (χ2v) is 7.86. The van der Waals surface area contributed by atoms with Gasteiger partial charge in [0.05, 0.1) is 22.0 Å². The number of nitrogens with zero attached hydrogens (tertiary/aromatic N) is 2. The van der Waals surface area contributed by atoms with Crippen molar-refractivity contribution >= 4 is 29.0 Å². The third-order valence-electron chi connectivity index (χ3n) is 4.81. The minimum absolute atomic E-state index is 0.161. The van der Waals surface area contributed by atoms with Gasteiger partial charge < -0.3 is 19.9 Å². The average molecular weight is 505 g/mol. The van der Waals surface area contributed by atoms with Crippen LogP contribution in [0.2, 0.25) is 5.02 Å².